The normalized spacial score (nSPS) is 14.9. The molecule has 8 nitrogen and oxygen atoms in total. The van der Waals surface area contributed by atoms with E-state index in [1.54, 1.807) is 60.7 Å². The van der Waals surface area contributed by atoms with Gasteiger partial charge in [0.15, 0.2) is 6.10 Å². The predicted molar refractivity (Wildman–Crippen MR) is 122 cm³/mol. The van der Waals surface area contributed by atoms with E-state index in [2.05, 4.69) is 5.32 Å². The summed E-state index contributed by atoms with van der Waals surface area (Å²) < 4.78 is 68.0. The van der Waals surface area contributed by atoms with Gasteiger partial charge < -0.3 is 19.9 Å². The molecule has 2 aromatic rings. The summed E-state index contributed by atoms with van der Waals surface area (Å²) in [5.74, 6) is -2.10. The summed E-state index contributed by atoms with van der Waals surface area (Å²) in [5, 5.41) is 11.4. The largest absolute Gasteiger partial charge is 0.459 e. The molecule has 0 bridgehead atoms. The number of carbonyl (C=O) groups is 2. The quantitative estimate of drug-likeness (QED) is 0.369. The van der Waals surface area contributed by atoms with Gasteiger partial charge in [-0.15, -0.1) is 0 Å². The van der Waals surface area contributed by atoms with Crippen molar-refractivity contribution in [2.24, 2.45) is 0 Å². The van der Waals surface area contributed by atoms with Gasteiger partial charge in [0.2, 0.25) is 0 Å². The number of rotatable bonds is 12. The predicted octanol–water partition coefficient (Wildman–Crippen LogP) is 3.77. The fourth-order valence-corrected chi connectivity index (χ4v) is 4.29. The van der Waals surface area contributed by atoms with E-state index in [-0.39, 0.29) is 19.6 Å². The second-order valence-electron chi connectivity index (χ2n) is 7.71. The zero-order chi connectivity index (χ0) is 25.9. The van der Waals surface area contributed by atoms with Gasteiger partial charge in [-0.1, -0.05) is 60.7 Å². The summed E-state index contributed by atoms with van der Waals surface area (Å²) in [7, 11) is -3.58. The van der Waals surface area contributed by atoms with Gasteiger partial charge in [-0.25, -0.2) is 13.8 Å². The van der Waals surface area contributed by atoms with Gasteiger partial charge in [0.25, 0.3) is 0 Å². The highest BCUT2D eigenvalue weighted by Gasteiger charge is 2.38. The van der Waals surface area contributed by atoms with Crippen LogP contribution in [0.4, 0.5) is 18.0 Å². The van der Waals surface area contributed by atoms with Crippen LogP contribution in [0.2, 0.25) is 0 Å². The third-order valence-corrected chi connectivity index (χ3v) is 6.64. The topological polar surface area (TPSA) is 126 Å². The number of alkyl carbamates (subject to hydrolysis) is 1. The number of hydrogen-bond donors (Lipinski definition) is 3. The number of amides is 1. The average molecular weight is 517 g/mol. The summed E-state index contributed by atoms with van der Waals surface area (Å²) in [6, 6.07) is 16.1. The van der Waals surface area contributed by atoms with Crippen molar-refractivity contribution in [3.05, 3.63) is 71.8 Å². The summed E-state index contributed by atoms with van der Waals surface area (Å²) >= 11 is 0. The molecule has 0 heterocycles. The monoisotopic (exact) mass is 516 g/mol. The van der Waals surface area contributed by atoms with Gasteiger partial charge in [0, 0.05) is 21.2 Å². The number of aliphatic hydroxyl groups is 1. The lowest BCUT2D eigenvalue weighted by Crippen LogP contribution is -2.43. The number of hydrogen-bond acceptors (Lipinski definition) is 7. The Morgan fingerprint density at radius 2 is 1.40 bits per heavy atom. The van der Waals surface area contributed by atoms with Crippen LogP contribution in [0, 0.1) is 4.78 Å². The molecule has 0 saturated heterocycles. The smallest absolute Gasteiger partial charge is 0.414 e. The molecule has 0 aliphatic heterocycles. The SMILES string of the molecule is N=S(=O)(CC[C@H](NC(=O)OCc1ccccc1)C(=O)OCc1ccccc1)CC[C@@H](O)C(F)(F)F. The van der Waals surface area contributed by atoms with E-state index in [0.717, 1.165) is 0 Å². The maximum Gasteiger partial charge on any atom is 0.414 e. The van der Waals surface area contributed by atoms with Gasteiger partial charge in [0.1, 0.15) is 19.3 Å². The van der Waals surface area contributed by atoms with E-state index in [1.165, 1.54) is 0 Å². The number of ether oxygens (including phenoxy) is 2. The molecule has 1 unspecified atom stereocenters. The maximum atomic E-state index is 12.6. The van der Waals surface area contributed by atoms with E-state index >= 15 is 0 Å². The number of halogens is 3. The number of nitrogens with one attached hydrogen (secondary N) is 2. The maximum absolute atomic E-state index is 12.6. The Labute approximate surface area is 201 Å². The molecule has 12 heteroatoms. The molecular weight excluding hydrogens is 489 g/mol. The second kappa shape index (κ2) is 13.1. The van der Waals surface area contributed by atoms with Crippen molar-refractivity contribution < 1.29 is 41.5 Å². The number of benzene rings is 2. The molecule has 3 atom stereocenters. The van der Waals surface area contributed by atoms with Crippen molar-refractivity contribution in [2.45, 2.75) is 44.4 Å². The lowest BCUT2D eigenvalue weighted by Gasteiger charge is -2.19. The minimum absolute atomic E-state index is 0.0804. The average Bonchev–Trinajstić information content (AvgIpc) is 2.83. The first kappa shape index (κ1) is 28.1. The zero-order valence-electron chi connectivity index (χ0n) is 18.7. The van der Waals surface area contributed by atoms with Crippen LogP contribution in [-0.4, -0.2) is 51.2 Å². The van der Waals surface area contributed by atoms with E-state index in [0.29, 0.717) is 11.1 Å². The Morgan fingerprint density at radius 3 is 1.91 bits per heavy atom. The van der Waals surface area contributed by atoms with Gasteiger partial charge in [-0.05, 0) is 24.0 Å². The third kappa shape index (κ3) is 10.8. The van der Waals surface area contributed by atoms with Crippen LogP contribution >= 0.6 is 0 Å². The molecule has 0 saturated carbocycles. The van der Waals surface area contributed by atoms with Crippen LogP contribution in [0.5, 0.6) is 0 Å². The van der Waals surface area contributed by atoms with Crippen LogP contribution in [0.25, 0.3) is 0 Å². The second-order valence-corrected chi connectivity index (χ2v) is 10.1. The molecule has 0 aromatic heterocycles. The number of aliphatic hydroxyl groups excluding tert-OH is 1. The molecule has 0 fully saturated rings. The van der Waals surface area contributed by atoms with Gasteiger partial charge >= 0.3 is 18.2 Å². The highest BCUT2D eigenvalue weighted by Crippen LogP contribution is 2.23. The van der Waals surface area contributed by atoms with Crippen LogP contribution in [-0.2, 0) is 37.2 Å². The van der Waals surface area contributed by atoms with E-state index in [1.807, 2.05) is 0 Å². The molecule has 0 aliphatic rings. The first-order valence-corrected chi connectivity index (χ1v) is 12.5. The fourth-order valence-electron chi connectivity index (χ4n) is 2.86. The van der Waals surface area contributed by atoms with Crippen molar-refractivity contribution in [1.29, 1.82) is 4.78 Å². The van der Waals surface area contributed by atoms with Crippen LogP contribution < -0.4 is 5.32 Å². The molecule has 2 rings (SSSR count). The van der Waals surface area contributed by atoms with Gasteiger partial charge in [-0.2, -0.15) is 13.2 Å². The Bertz CT molecular complexity index is 1050. The Morgan fingerprint density at radius 1 is 0.914 bits per heavy atom. The first-order chi connectivity index (χ1) is 16.5. The minimum Gasteiger partial charge on any atom is -0.459 e. The van der Waals surface area contributed by atoms with Crippen LogP contribution in [0.1, 0.15) is 24.0 Å². The van der Waals surface area contributed by atoms with Crippen molar-refractivity contribution in [3.8, 4) is 0 Å². The molecule has 0 spiro atoms. The third-order valence-electron chi connectivity index (χ3n) is 4.85. The Kier molecular flexibility index (Phi) is 10.5. The molecule has 1 amide bonds. The van der Waals surface area contributed by atoms with Crippen molar-refractivity contribution in [2.75, 3.05) is 11.5 Å². The summed E-state index contributed by atoms with van der Waals surface area (Å²) in [6.45, 7) is -0.187. The number of alkyl halides is 3. The fraction of sp³-hybridized carbons (Fsp3) is 0.391. The molecular formula is C23H27F3N2O6S. The van der Waals surface area contributed by atoms with E-state index in [4.69, 9.17) is 19.4 Å². The molecule has 2 aromatic carbocycles. The molecule has 3 N–H and O–H groups in total. The first-order valence-electron chi connectivity index (χ1n) is 10.6. The van der Waals surface area contributed by atoms with Crippen molar-refractivity contribution in [3.63, 3.8) is 0 Å². The summed E-state index contributed by atoms with van der Waals surface area (Å²) in [6.07, 6.45) is -9.80. The zero-order valence-corrected chi connectivity index (χ0v) is 19.5. The molecule has 35 heavy (non-hydrogen) atoms. The van der Waals surface area contributed by atoms with Crippen molar-refractivity contribution in [1.82, 2.24) is 5.32 Å². The molecule has 0 aliphatic carbocycles. The summed E-state index contributed by atoms with van der Waals surface area (Å²) in [4.78, 5) is 24.8. The van der Waals surface area contributed by atoms with Crippen LogP contribution in [0.15, 0.2) is 60.7 Å². The van der Waals surface area contributed by atoms with Gasteiger partial charge in [-0.3, -0.25) is 4.78 Å². The van der Waals surface area contributed by atoms with E-state index < -0.39 is 58.0 Å². The molecule has 192 valence electrons. The highest BCUT2D eigenvalue weighted by molar-refractivity contribution is 7.92. The van der Waals surface area contributed by atoms with Crippen molar-refractivity contribution >= 4 is 21.8 Å². The van der Waals surface area contributed by atoms with E-state index in [9.17, 15) is 27.0 Å². The number of esters is 1. The lowest BCUT2D eigenvalue weighted by atomic mass is 10.2. The molecule has 0 radical (unpaired) electrons. The summed E-state index contributed by atoms with van der Waals surface area (Å²) in [5.41, 5.74) is 1.37. The Hall–Kier alpha value is -3.12. The standard InChI is InChI=1S/C23H27F3N2O6S/c24-23(25,26)20(29)12-14-35(27,32)13-11-19(21(30)33-15-17-7-3-1-4-8-17)28-22(31)34-16-18-9-5-2-6-10-18/h1-10,19-20,27,29H,11-16H2,(H,28,31)/t19-,20+,35?/m0/s1. The lowest BCUT2D eigenvalue weighted by molar-refractivity contribution is -0.203. The van der Waals surface area contributed by atoms with Crippen LogP contribution in [0.3, 0.4) is 0 Å². The Balaban J connectivity index is 1.98. The highest BCUT2D eigenvalue weighted by atomic mass is 32.2. The minimum atomic E-state index is -4.89. The number of carbonyl (C=O) groups excluding carboxylic acids is 2. The van der Waals surface area contributed by atoms with Gasteiger partial charge in [0.05, 0.1) is 0 Å².